The van der Waals surface area contributed by atoms with Crippen molar-refractivity contribution in [3.63, 3.8) is 0 Å². The lowest BCUT2D eigenvalue weighted by atomic mass is 10.1. The fourth-order valence-corrected chi connectivity index (χ4v) is 3.96. The van der Waals surface area contributed by atoms with Crippen LogP contribution in [-0.2, 0) is 11.3 Å². The molecule has 1 saturated heterocycles. The average molecular weight is 419 g/mol. The molecule has 148 valence electrons. The van der Waals surface area contributed by atoms with Gasteiger partial charge in [0.25, 0.3) is 0 Å². The molecule has 5 nitrogen and oxygen atoms in total. The van der Waals surface area contributed by atoms with E-state index in [1.54, 1.807) is 0 Å². The van der Waals surface area contributed by atoms with Gasteiger partial charge in [0.1, 0.15) is 0 Å². The molecule has 2 heterocycles. The number of anilines is 1. The highest BCUT2D eigenvalue weighted by Crippen LogP contribution is 2.33. The van der Waals surface area contributed by atoms with E-state index in [1.165, 1.54) is 0 Å². The third kappa shape index (κ3) is 4.51. The number of nitrogens with zero attached hydrogens (tertiary/aromatic N) is 1. The number of nitrogens with one attached hydrogen (secondary N) is 1. The highest BCUT2D eigenvalue weighted by atomic mass is 35.5. The summed E-state index contributed by atoms with van der Waals surface area (Å²) in [6.45, 7) is 4.46. The van der Waals surface area contributed by atoms with Gasteiger partial charge in [-0.15, -0.1) is 0 Å². The summed E-state index contributed by atoms with van der Waals surface area (Å²) in [6, 6.07) is 11.9. The first-order valence-electron chi connectivity index (χ1n) is 9.41. The van der Waals surface area contributed by atoms with E-state index in [0.717, 1.165) is 54.3 Å². The molecule has 4 rings (SSSR count). The van der Waals surface area contributed by atoms with Crippen LogP contribution in [-0.4, -0.2) is 36.1 Å². The van der Waals surface area contributed by atoms with Crippen molar-refractivity contribution in [2.75, 3.05) is 25.3 Å². The predicted molar refractivity (Wildman–Crippen MR) is 114 cm³/mol. The molecule has 1 fully saturated rings. The molecule has 2 aliphatic heterocycles. The fraction of sp³-hybridized carbons (Fsp3) is 0.381. The van der Waals surface area contributed by atoms with Crippen molar-refractivity contribution in [2.45, 2.75) is 32.4 Å². The normalized spacial score (nSPS) is 17.6. The maximum Gasteiger partial charge on any atom is 0.231 e. The standard InChI is InChI=1S/C21H23ClN2O3S/c1-14-4-6-18(17(22)9-14)23-21(28)24(12-16-3-2-8-25-16)11-15-5-7-19-20(10-15)27-13-26-19/h4-7,9-10,16H,2-3,8,11-13H2,1H3,(H,23,28)/t16-/m0/s1. The van der Waals surface area contributed by atoms with Gasteiger partial charge in [-0.1, -0.05) is 23.7 Å². The van der Waals surface area contributed by atoms with E-state index < -0.39 is 0 Å². The molecule has 2 aromatic rings. The number of fused-ring (bicyclic) bond motifs is 1. The van der Waals surface area contributed by atoms with Gasteiger partial charge in [-0.3, -0.25) is 0 Å². The van der Waals surface area contributed by atoms with Crippen LogP contribution in [0.25, 0.3) is 0 Å². The van der Waals surface area contributed by atoms with Crippen LogP contribution < -0.4 is 14.8 Å². The van der Waals surface area contributed by atoms with Gasteiger partial charge in [-0.2, -0.15) is 0 Å². The summed E-state index contributed by atoms with van der Waals surface area (Å²) >= 11 is 12.1. The van der Waals surface area contributed by atoms with Crippen LogP contribution in [0.2, 0.25) is 5.02 Å². The highest BCUT2D eigenvalue weighted by molar-refractivity contribution is 7.80. The zero-order valence-electron chi connectivity index (χ0n) is 15.7. The molecule has 0 aromatic heterocycles. The zero-order valence-corrected chi connectivity index (χ0v) is 17.3. The van der Waals surface area contributed by atoms with Crippen molar-refractivity contribution < 1.29 is 14.2 Å². The van der Waals surface area contributed by atoms with Crippen LogP contribution in [0.4, 0.5) is 5.69 Å². The topological polar surface area (TPSA) is 43.0 Å². The third-order valence-corrected chi connectivity index (χ3v) is 5.58. The Hall–Kier alpha value is -2.02. The van der Waals surface area contributed by atoms with E-state index in [-0.39, 0.29) is 12.9 Å². The van der Waals surface area contributed by atoms with E-state index in [9.17, 15) is 0 Å². The van der Waals surface area contributed by atoms with Crippen molar-refractivity contribution in [1.82, 2.24) is 4.90 Å². The first kappa shape index (κ1) is 19.3. The van der Waals surface area contributed by atoms with Crippen LogP contribution in [0.15, 0.2) is 36.4 Å². The zero-order chi connectivity index (χ0) is 19.5. The monoisotopic (exact) mass is 418 g/mol. The van der Waals surface area contributed by atoms with Gasteiger partial charge in [0, 0.05) is 19.7 Å². The first-order chi connectivity index (χ1) is 13.6. The van der Waals surface area contributed by atoms with Crippen molar-refractivity contribution in [1.29, 1.82) is 0 Å². The van der Waals surface area contributed by atoms with Gasteiger partial charge in [0.15, 0.2) is 16.6 Å². The fourth-order valence-electron chi connectivity index (χ4n) is 3.43. The smallest absolute Gasteiger partial charge is 0.231 e. The molecule has 28 heavy (non-hydrogen) atoms. The van der Waals surface area contributed by atoms with Crippen LogP contribution >= 0.6 is 23.8 Å². The average Bonchev–Trinajstić information content (AvgIpc) is 3.34. The minimum absolute atomic E-state index is 0.183. The first-order valence-corrected chi connectivity index (χ1v) is 10.2. The SMILES string of the molecule is Cc1ccc(NC(=S)N(Cc2ccc3c(c2)OCO3)C[C@@H]2CCCO2)c(Cl)c1. The molecule has 7 heteroatoms. The Morgan fingerprint density at radius 1 is 1.21 bits per heavy atom. The van der Waals surface area contributed by atoms with Gasteiger partial charge in [-0.25, -0.2) is 0 Å². The minimum Gasteiger partial charge on any atom is -0.454 e. The highest BCUT2D eigenvalue weighted by Gasteiger charge is 2.22. The molecule has 0 spiro atoms. The Labute approximate surface area is 175 Å². The molecule has 0 aliphatic carbocycles. The lowest BCUT2D eigenvalue weighted by Gasteiger charge is -2.28. The van der Waals surface area contributed by atoms with Crippen LogP contribution in [0.5, 0.6) is 11.5 Å². The molecule has 2 aromatic carbocycles. The summed E-state index contributed by atoms with van der Waals surface area (Å²) in [4.78, 5) is 2.12. The number of aryl methyl sites for hydroxylation is 1. The number of thiocarbonyl (C=S) groups is 1. The maximum atomic E-state index is 6.38. The molecule has 0 radical (unpaired) electrons. The van der Waals surface area contributed by atoms with Crippen molar-refractivity contribution in [3.8, 4) is 11.5 Å². The number of rotatable bonds is 5. The Kier molecular flexibility index (Phi) is 5.90. The van der Waals surface area contributed by atoms with E-state index in [4.69, 9.17) is 38.0 Å². The lowest BCUT2D eigenvalue weighted by molar-refractivity contribution is 0.0905. The summed E-state index contributed by atoms with van der Waals surface area (Å²) < 4.78 is 16.7. The minimum atomic E-state index is 0.183. The summed E-state index contributed by atoms with van der Waals surface area (Å²) in [5, 5.41) is 4.58. The number of benzene rings is 2. The second-order valence-electron chi connectivity index (χ2n) is 7.12. The molecule has 1 N–H and O–H groups in total. The molecule has 1 atom stereocenters. The molecular formula is C21H23ClN2O3S. The van der Waals surface area contributed by atoms with Crippen molar-refractivity contribution >= 4 is 34.6 Å². The molecule has 0 amide bonds. The number of ether oxygens (including phenoxy) is 3. The van der Waals surface area contributed by atoms with E-state index >= 15 is 0 Å². The molecule has 0 saturated carbocycles. The van der Waals surface area contributed by atoms with Crippen LogP contribution in [0.3, 0.4) is 0 Å². The molecular weight excluding hydrogens is 396 g/mol. The second-order valence-corrected chi connectivity index (χ2v) is 7.91. The number of hydrogen-bond donors (Lipinski definition) is 1. The number of halogens is 1. The summed E-state index contributed by atoms with van der Waals surface area (Å²) in [5.74, 6) is 1.55. The van der Waals surface area contributed by atoms with Gasteiger partial charge < -0.3 is 24.4 Å². The molecule has 2 aliphatic rings. The largest absolute Gasteiger partial charge is 0.454 e. The number of hydrogen-bond acceptors (Lipinski definition) is 4. The van der Waals surface area contributed by atoms with Crippen molar-refractivity contribution in [2.24, 2.45) is 0 Å². The van der Waals surface area contributed by atoms with Gasteiger partial charge in [0.05, 0.1) is 16.8 Å². The quantitative estimate of drug-likeness (QED) is 0.706. The summed E-state index contributed by atoms with van der Waals surface area (Å²) in [7, 11) is 0. The van der Waals surface area contributed by atoms with Gasteiger partial charge >= 0.3 is 0 Å². The van der Waals surface area contributed by atoms with Gasteiger partial charge in [0.2, 0.25) is 6.79 Å². The van der Waals surface area contributed by atoms with E-state index in [1.807, 2.05) is 43.3 Å². The van der Waals surface area contributed by atoms with Crippen LogP contribution in [0.1, 0.15) is 24.0 Å². The Balaban J connectivity index is 1.51. The summed E-state index contributed by atoms with van der Waals surface area (Å²) in [5.41, 5.74) is 3.01. The van der Waals surface area contributed by atoms with E-state index in [2.05, 4.69) is 10.2 Å². The second kappa shape index (κ2) is 8.55. The summed E-state index contributed by atoms with van der Waals surface area (Å²) in [6.07, 6.45) is 2.32. The predicted octanol–water partition coefficient (Wildman–Crippen LogP) is 4.76. The Morgan fingerprint density at radius 2 is 2.07 bits per heavy atom. The lowest BCUT2D eigenvalue weighted by Crippen LogP contribution is -2.39. The Morgan fingerprint density at radius 3 is 2.86 bits per heavy atom. The van der Waals surface area contributed by atoms with Crippen LogP contribution in [0, 0.1) is 6.92 Å². The third-order valence-electron chi connectivity index (χ3n) is 4.91. The maximum absolute atomic E-state index is 6.38. The molecule has 0 unspecified atom stereocenters. The van der Waals surface area contributed by atoms with Crippen molar-refractivity contribution in [3.05, 3.63) is 52.5 Å². The Bertz CT molecular complexity index is 871. The van der Waals surface area contributed by atoms with E-state index in [0.29, 0.717) is 16.7 Å². The molecule has 0 bridgehead atoms. The van der Waals surface area contributed by atoms with Gasteiger partial charge in [-0.05, 0) is 67.4 Å².